The summed E-state index contributed by atoms with van der Waals surface area (Å²) in [5.74, 6) is -2.14. The summed E-state index contributed by atoms with van der Waals surface area (Å²) in [5, 5.41) is 1.82. The first-order valence-electron chi connectivity index (χ1n) is 12.6. The second-order valence-electron chi connectivity index (χ2n) is 11.1. The van der Waals surface area contributed by atoms with Gasteiger partial charge in [0.05, 0.1) is 57.1 Å². The molecular weight excluding hydrogens is 454 g/mol. The van der Waals surface area contributed by atoms with Crippen molar-refractivity contribution in [1.82, 2.24) is 5.32 Å². The Labute approximate surface area is 210 Å². The van der Waals surface area contributed by atoms with Gasteiger partial charge in [-0.3, -0.25) is 5.32 Å². The molecule has 0 radical (unpaired) electrons. The Kier molecular flexibility index (Phi) is 13.0. The molecule has 1 N–H and O–H groups in total. The van der Waals surface area contributed by atoms with Gasteiger partial charge in [-0.15, -0.1) is 0 Å². The van der Waals surface area contributed by atoms with Gasteiger partial charge in [-0.2, -0.15) is 0 Å². The Morgan fingerprint density at radius 3 is 0.758 bits per heavy atom. The van der Waals surface area contributed by atoms with Crippen molar-refractivity contribution < 1.29 is 28.4 Å². The molecule has 0 rings (SSSR count). The van der Waals surface area contributed by atoms with Crippen LogP contribution in [-0.4, -0.2) is 79.4 Å². The standard InChI is InChI=1S/C24H55NO6Si2/c1-15(2)26-21(13,27-16(3)4)23(32,30-19(9)10)25-24(33,31-20(11)12)22(14,28-17(5)6)29-18(7)8/h15-20,25H,1-14,32-33H3. The zero-order valence-electron chi connectivity index (χ0n) is 24.4. The second kappa shape index (κ2) is 12.9. The van der Waals surface area contributed by atoms with Gasteiger partial charge in [0.2, 0.25) is 11.6 Å². The summed E-state index contributed by atoms with van der Waals surface area (Å²) in [6, 6.07) is 0. The molecular formula is C24H55NO6Si2. The Morgan fingerprint density at radius 2 is 0.606 bits per heavy atom. The quantitative estimate of drug-likeness (QED) is 0.253. The Bertz CT molecular complexity index is 505. The SMILES string of the molecule is CC(C)OC([SiH3])(NC([SiH3])(OC(C)C)C(C)(OC(C)C)OC(C)C)C(C)(OC(C)C)OC(C)C. The monoisotopic (exact) mass is 509 g/mol. The minimum absolute atomic E-state index is 0.0700. The summed E-state index contributed by atoms with van der Waals surface area (Å²) in [4.78, 5) is 0. The molecule has 0 aromatic rings. The van der Waals surface area contributed by atoms with Crippen LogP contribution in [0.5, 0.6) is 0 Å². The maximum Gasteiger partial charge on any atom is 0.204 e. The first-order chi connectivity index (χ1) is 14.7. The lowest BCUT2D eigenvalue weighted by Gasteiger charge is -2.56. The average Bonchev–Trinajstić information content (AvgIpc) is 2.49. The third-order valence-corrected chi connectivity index (χ3v) is 7.78. The average molecular weight is 510 g/mol. The molecule has 0 aromatic heterocycles. The van der Waals surface area contributed by atoms with E-state index in [4.69, 9.17) is 28.4 Å². The molecule has 0 saturated carbocycles. The molecule has 0 aliphatic heterocycles. The van der Waals surface area contributed by atoms with Crippen molar-refractivity contribution >= 4 is 20.5 Å². The lowest BCUT2D eigenvalue weighted by molar-refractivity contribution is -0.371. The first kappa shape index (κ1) is 33.2. The van der Waals surface area contributed by atoms with Crippen LogP contribution >= 0.6 is 0 Å². The summed E-state index contributed by atoms with van der Waals surface area (Å²) in [6.07, 6.45) is -0.430. The van der Waals surface area contributed by atoms with E-state index in [2.05, 4.69) is 5.32 Å². The largest absolute Gasteiger partial charge is 0.357 e. The minimum atomic E-state index is -1.07. The lowest BCUT2D eigenvalue weighted by Crippen LogP contribution is -2.79. The smallest absolute Gasteiger partial charge is 0.204 e. The van der Waals surface area contributed by atoms with Gasteiger partial charge in [0.25, 0.3) is 0 Å². The summed E-state index contributed by atoms with van der Waals surface area (Å²) in [7, 11) is 1.09. The Hall–Kier alpha value is 0.154. The van der Waals surface area contributed by atoms with E-state index < -0.39 is 22.3 Å². The van der Waals surface area contributed by atoms with Crippen molar-refractivity contribution in [2.24, 2.45) is 0 Å². The second-order valence-corrected chi connectivity index (χ2v) is 13.9. The summed E-state index contributed by atoms with van der Waals surface area (Å²) >= 11 is 0. The number of ether oxygens (including phenoxy) is 6. The number of hydrogen-bond acceptors (Lipinski definition) is 7. The maximum absolute atomic E-state index is 6.62. The molecule has 0 spiro atoms. The van der Waals surface area contributed by atoms with Gasteiger partial charge in [-0.25, -0.2) is 0 Å². The van der Waals surface area contributed by atoms with E-state index >= 15 is 0 Å². The number of nitrogens with one attached hydrogen (secondary N) is 1. The van der Waals surface area contributed by atoms with E-state index in [1.54, 1.807) is 0 Å². The zero-order chi connectivity index (χ0) is 26.4. The third-order valence-electron chi connectivity index (χ3n) is 5.00. The molecule has 33 heavy (non-hydrogen) atoms. The van der Waals surface area contributed by atoms with Gasteiger partial charge >= 0.3 is 0 Å². The van der Waals surface area contributed by atoms with Crippen LogP contribution in [0, 0.1) is 0 Å². The summed E-state index contributed by atoms with van der Waals surface area (Å²) < 4.78 is 39.0. The van der Waals surface area contributed by atoms with Crippen LogP contribution in [0.1, 0.15) is 96.9 Å². The Balaban J connectivity index is 6.84. The zero-order valence-corrected chi connectivity index (χ0v) is 28.4. The molecule has 0 saturated heterocycles. The van der Waals surface area contributed by atoms with Gasteiger partial charge in [0.1, 0.15) is 10.7 Å². The highest BCUT2D eigenvalue weighted by atomic mass is 28.2. The van der Waals surface area contributed by atoms with Crippen LogP contribution < -0.4 is 5.32 Å². The number of rotatable bonds is 16. The van der Waals surface area contributed by atoms with Crippen molar-refractivity contribution in [3.63, 3.8) is 0 Å². The summed E-state index contributed by atoms with van der Waals surface area (Å²) in [5.41, 5.74) is 0. The van der Waals surface area contributed by atoms with Crippen molar-refractivity contribution in [3.05, 3.63) is 0 Å². The van der Waals surface area contributed by atoms with E-state index in [0.29, 0.717) is 20.5 Å². The lowest BCUT2D eigenvalue weighted by atomic mass is 10.1. The van der Waals surface area contributed by atoms with Crippen LogP contribution in [0.2, 0.25) is 0 Å². The predicted molar refractivity (Wildman–Crippen MR) is 143 cm³/mol. The van der Waals surface area contributed by atoms with Gasteiger partial charge in [0, 0.05) is 0 Å². The highest BCUT2D eigenvalue weighted by Crippen LogP contribution is 2.37. The van der Waals surface area contributed by atoms with Crippen molar-refractivity contribution in [1.29, 1.82) is 0 Å². The summed E-state index contributed by atoms with van der Waals surface area (Å²) in [6.45, 7) is 28.0. The van der Waals surface area contributed by atoms with Crippen molar-refractivity contribution in [2.45, 2.75) is 156 Å². The molecule has 0 aliphatic carbocycles. The topological polar surface area (TPSA) is 67.4 Å². The molecule has 7 nitrogen and oxygen atoms in total. The molecule has 0 fully saturated rings. The third kappa shape index (κ3) is 9.97. The molecule has 2 unspecified atom stereocenters. The fourth-order valence-electron chi connectivity index (χ4n) is 4.20. The highest BCUT2D eigenvalue weighted by Gasteiger charge is 2.59. The number of hydrogen-bond donors (Lipinski definition) is 1. The molecule has 0 heterocycles. The van der Waals surface area contributed by atoms with E-state index in [9.17, 15) is 0 Å². The van der Waals surface area contributed by atoms with Gasteiger partial charge < -0.3 is 28.4 Å². The van der Waals surface area contributed by atoms with Gasteiger partial charge in [-0.1, -0.05) is 0 Å². The molecule has 9 heteroatoms. The first-order valence-corrected chi connectivity index (χ1v) is 14.6. The molecule has 0 aromatic carbocycles. The Morgan fingerprint density at radius 1 is 0.424 bits per heavy atom. The van der Waals surface area contributed by atoms with Gasteiger partial charge in [-0.05, 0) is 96.9 Å². The predicted octanol–water partition coefficient (Wildman–Crippen LogP) is 2.60. The van der Waals surface area contributed by atoms with E-state index in [0.717, 1.165) is 0 Å². The van der Waals surface area contributed by atoms with Crippen LogP contribution in [0.3, 0.4) is 0 Å². The van der Waals surface area contributed by atoms with E-state index in [-0.39, 0.29) is 36.6 Å². The maximum atomic E-state index is 6.62. The van der Waals surface area contributed by atoms with Crippen LogP contribution in [0.15, 0.2) is 0 Å². The van der Waals surface area contributed by atoms with Crippen LogP contribution in [-0.2, 0) is 28.4 Å². The van der Waals surface area contributed by atoms with E-state index in [1.807, 2.05) is 96.9 Å². The van der Waals surface area contributed by atoms with Crippen molar-refractivity contribution in [3.8, 4) is 0 Å². The van der Waals surface area contributed by atoms with Crippen LogP contribution in [0.25, 0.3) is 0 Å². The van der Waals surface area contributed by atoms with E-state index in [1.165, 1.54) is 0 Å². The minimum Gasteiger partial charge on any atom is -0.357 e. The molecule has 0 amide bonds. The van der Waals surface area contributed by atoms with Crippen LogP contribution in [0.4, 0.5) is 0 Å². The fraction of sp³-hybridized carbons (Fsp3) is 1.00. The fourth-order valence-corrected chi connectivity index (χ4v) is 7.07. The molecule has 0 aliphatic rings. The molecule has 2 atom stereocenters. The van der Waals surface area contributed by atoms with Gasteiger partial charge in [0.15, 0.2) is 0 Å². The normalized spacial score (nSPS) is 17.8. The molecule has 0 bridgehead atoms. The molecule has 200 valence electrons. The highest BCUT2D eigenvalue weighted by molar-refractivity contribution is 6.18. The van der Waals surface area contributed by atoms with Crippen molar-refractivity contribution in [2.75, 3.05) is 0 Å².